The Morgan fingerprint density at radius 3 is 2.62 bits per heavy atom. The van der Waals surface area contributed by atoms with E-state index in [1.165, 1.54) is 0 Å². The summed E-state index contributed by atoms with van der Waals surface area (Å²) in [4.78, 5) is 10.6. The van der Waals surface area contributed by atoms with E-state index in [0.29, 0.717) is 5.75 Å². The highest BCUT2D eigenvalue weighted by atomic mass is 35.5. The fraction of sp³-hybridized carbons (Fsp3) is 0.308. The molecule has 0 spiro atoms. The van der Waals surface area contributed by atoms with E-state index in [4.69, 9.17) is 16.3 Å². The van der Waals surface area contributed by atoms with E-state index in [1.54, 1.807) is 0 Å². The average molecular weight is 239 g/mol. The standard InChI is InChI=1S/C13H15ClO2/c1-5-11(15)16-12-9(2)7-6-8-10(12)13(3,4)14/h5-8H,1H2,2-4H3. The number of aryl methyl sites for hydroxylation is 1. The molecule has 2 nitrogen and oxygen atoms in total. The maximum absolute atomic E-state index is 11.2. The van der Waals surface area contributed by atoms with E-state index in [-0.39, 0.29) is 0 Å². The van der Waals surface area contributed by atoms with Gasteiger partial charge in [0.25, 0.3) is 0 Å². The van der Waals surface area contributed by atoms with E-state index in [0.717, 1.165) is 17.2 Å². The fourth-order valence-corrected chi connectivity index (χ4v) is 1.55. The second-order valence-corrected chi connectivity index (χ2v) is 4.99. The lowest BCUT2D eigenvalue weighted by atomic mass is 9.99. The number of halogens is 1. The Hall–Kier alpha value is -1.28. The Kier molecular flexibility index (Phi) is 3.76. The SMILES string of the molecule is C=CC(=O)Oc1c(C)cccc1C(C)(C)Cl. The number of esters is 1. The molecule has 3 heteroatoms. The Bertz CT molecular complexity index is 416. The highest BCUT2D eigenvalue weighted by molar-refractivity contribution is 6.23. The molecule has 16 heavy (non-hydrogen) atoms. The molecule has 0 aliphatic heterocycles. The number of benzene rings is 1. The first-order valence-corrected chi connectivity index (χ1v) is 5.37. The van der Waals surface area contributed by atoms with Crippen molar-refractivity contribution in [2.75, 3.05) is 0 Å². The van der Waals surface area contributed by atoms with Gasteiger partial charge in [-0.05, 0) is 26.3 Å². The Morgan fingerprint density at radius 1 is 1.50 bits per heavy atom. The molecule has 86 valence electrons. The number of hydrogen-bond donors (Lipinski definition) is 0. The number of carbonyl (C=O) groups excluding carboxylic acids is 1. The third-order valence-electron chi connectivity index (χ3n) is 2.22. The van der Waals surface area contributed by atoms with Crippen LogP contribution in [0.1, 0.15) is 25.0 Å². The second kappa shape index (κ2) is 4.71. The van der Waals surface area contributed by atoms with E-state index < -0.39 is 10.8 Å². The van der Waals surface area contributed by atoms with Crippen molar-refractivity contribution in [3.05, 3.63) is 42.0 Å². The topological polar surface area (TPSA) is 26.3 Å². The summed E-state index contributed by atoms with van der Waals surface area (Å²) in [6.45, 7) is 8.96. The smallest absolute Gasteiger partial charge is 0.335 e. The normalized spacial score (nSPS) is 11.0. The van der Waals surface area contributed by atoms with Crippen LogP contribution in [0.25, 0.3) is 0 Å². The van der Waals surface area contributed by atoms with Gasteiger partial charge in [0.1, 0.15) is 5.75 Å². The minimum atomic E-state index is -0.581. The Labute approximate surface area is 101 Å². The van der Waals surface area contributed by atoms with Crippen molar-refractivity contribution in [3.8, 4) is 5.75 Å². The third-order valence-corrected chi connectivity index (χ3v) is 2.43. The lowest BCUT2D eigenvalue weighted by molar-refractivity contribution is -0.129. The molecule has 0 aliphatic carbocycles. The van der Waals surface area contributed by atoms with Crippen LogP contribution in [0, 0.1) is 6.92 Å². The molecule has 0 saturated heterocycles. The van der Waals surface area contributed by atoms with Gasteiger partial charge in [-0.2, -0.15) is 0 Å². The van der Waals surface area contributed by atoms with Gasteiger partial charge in [-0.1, -0.05) is 24.8 Å². The first kappa shape index (κ1) is 12.8. The molecule has 0 unspecified atom stereocenters. The summed E-state index contributed by atoms with van der Waals surface area (Å²) in [5.74, 6) is 0.0452. The van der Waals surface area contributed by atoms with Gasteiger partial charge < -0.3 is 4.74 Å². The zero-order valence-electron chi connectivity index (χ0n) is 9.71. The van der Waals surface area contributed by atoms with Crippen LogP contribution in [-0.4, -0.2) is 5.97 Å². The summed E-state index contributed by atoms with van der Waals surface area (Å²) in [6, 6.07) is 5.61. The largest absolute Gasteiger partial charge is 0.423 e. The first-order chi connectivity index (χ1) is 7.36. The molecule has 0 radical (unpaired) electrons. The maximum Gasteiger partial charge on any atom is 0.335 e. The van der Waals surface area contributed by atoms with Crippen molar-refractivity contribution in [2.45, 2.75) is 25.6 Å². The lowest BCUT2D eigenvalue weighted by Crippen LogP contribution is -2.14. The van der Waals surface area contributed by atoms with Gasteiger partial charge in [0.15, 0.2) is 0 Å². The molecule has 0 aliphatic rings. The van der Waals surface area contributed by atoms with Gasteiger partial charge in [-0.15, -0.1) is 11.6 Å². The quantitative estimate of drug-likeness (QED) is 0.348. The van der Waals surface area contributed by atoms with Crippen molar-refractivity contribution >= 4 is 17.6 Å². The van der Waals surface area contributed by atoms with E-state index in [2.05, 4.69) is 6.58 Å². The van der Waals surface area contributed by atoms with Gasteiger partial charge in [0, 0.05) is 11.6 Å². The number of alkyl halides is 1. The summed E-state index contributed by atoms with van der Waals surface area (Å²) < 4.78 is 5.21. The molecule has 0 heterocycles. The van der Waals surface area contributed by atoms with Crippen molar-refractivity contribution in [2.24, 2.45) is 0 Å². The summed E-state index contributed by atoms with van der Waals surface area (Å²) in [5, 5.41) is 0. The Morgan fingerprint density at radius 2 is 2.12 bits per heavy atom. The molecule has 0 bridgehead atoms. The van der Waals surface area contributed by atoms with Gasteiger partial charge in [-0.25, -0.2) is 4.79 Å². The lowest BCUT2D eigenvalue weighted by Gasteiger charge is -2.21. The van der Waals surface area contributed by atoms with Gasteiger partial charge in [-0.3, -0.25) is 0 Å². The van der Waals surface area contributed by atoms with Crippen molar-refractivity contribution in [1.82, 2.24) is 0 Å². The van der Waals surface area contributed by atoms with Crippen LogP contribution in [0.15, 0.2) is 30.9 Å². The second-order valence-electron chi connectivity index (χ2n) is 4.05. The number of carbonyl (C=O) groups is 1. The molecule has 1 aromatic carbocycles. The minimum absolute atomic E-state index is 0.475. The van der Waals surface area contributed by atoms with Crippen LogP contribution in [0.4, 0.5) is 0 Å². The van der Waals surface area contributed by atoms with E-state index >= 15 is 0 Å². The molecule has 0 saturated carbocycles. The van der Waals surface area contributed by atoms with Crippen LogP contribution in [0.5, 0.6) is 5.75 Å². The Balaban J connectivity index is 3.24. The molecule has 0 fully saturated rings. The third kappa shape index (κ3) is 2.86. The summed E-state index contributed by atoms with van der Waals surface area (Å²) in [7, 11) is 0. The maximum atomic E-state index is 11.2. The van der Waals surface area contributed by atoms with Crippen molar-refractivity contribution in [3.63, 3.8) is 0 Å². The highest BCUT2D eigenvalue weighted by Gasteiger charge is 2.23. The van der Waals surface area contributed by atoms with Gasteiger partial charge in [0.05, 0.1) is 4.87 Å². The molecule has 0 amide bonds. The predicted octanol–water partition coefficient (Wildman–Crippen LogP) is 3.56. The molecule has 0 aromatic heterocycles. The first-order valence-electron chi connectivity index (χ1n) is 4.99. The van der Waals surface area contributed by atoms with Crippen molar-refractivity contribution < 1.29 is 9.53 Å². The molecule has 0 N–H and O–H groups in total. The molecule has 1 aromatic rings. The van der Waals surface area contributed by atoms with Crippen molar-refractivity contribution in [1.29, 1.82) is 0 Å². The predicted molar refractivity (Wildman–Crippen MR) is 65.9 cm³/mol. The van der Waals surface area contributed by atoms with Gasteiger partial charge >= 0.3 is 5.97 Å². The number of ether oxygens (including phenoxy) is 1. The molecule has 0 atom stereocenters. The van der Waals surface area contributed by atoms with Crippen LogP contribution in [0.3, 0.4) is 0 Å². The summed E-state index contributed by atoms with van der Waals surface area (Å²) in [6.07, 6.45) is 1.14. The minimum Gasteiger partial charge on any atom is -0.423 e. The van der Waals surface area contributed by atoms with E-state index in [1.807, 2.05) is 39.0 Å². The summed E-state index contributed by atoms with van der Waals surface area (Å²) >= 11 is 6.25. The van der Waals surface area contributed by atoms with Crippen LogP contribution < -0.4 is 4.74 Å². The zero-order chi connectivity index (χ0) is 12.3. The number of hydrogen-bond acceptors (Lipinski definition) is 2. The monoisotopic (exact) mass is 238 g/mol. The molecular weight excluding hydrogens is 224 g/mol. The van der Waals surface area contributed by atoms with Crippen LogP contribution in [-0.2, 0) is 9.67 Å². The van der Waals surface area contributed by atoms with Crippen LogP contribution in [0.2, 0.25) is 0 Å². The highest BCUT2D eigenvalue weighted by Crippen LogP contribution is 2.36. The van der Waals surface area contributed by atoms with Crippen LogP contribution >= 0.6 is 11.6 Å². The molecular formula is C13H15ClO2. The number of para-hydroxylation sites is 1. The summed E-state index contributed by atoms with van der Waals surface area (Å²) in [5.41, 5.74) is 1.67. The number of rotatable bonds is 3. The van der Waals surface area contributed by atoms with Gasteiger partial charge in [0.2, 0.25) is 0 Å². The fourth-order valence-electron chi connectivity index (χ4n) is 1.40. The van der Waals surface area contributed by atoms with E-state index in [9.17, 15) is 4.79 Å². The average Bonchev–Trinajstić information content (AvgIpc) is 2.19. The molecule has 1 rings (SSSR count). The zero-order valence-corrected chi connectivity index (χ0v) is 10.5.